The molecule has 3 N–H and O–H groups in total. The number of amides is 3. The summed E-state index contributed by atoms with van der Waals surface area (Å²) < 4.78 is 0.836. The summed E-state index contributed by atoms with van der Waals surface area (Å²) in [6.45, 7) is 0. The average molecular weight is 518 g/mol. The van der Waals surface area contributed by atoms with Crippen molar-refractivity contribution in [3.63, 3.8) is 0 Å². The van der Waals surface area contributed by atoms with Gasteiger partial charge in [0.05, 0.1) is 17.5 Å². The molecule has 7 nitrogen and oxygen atoms in total. The SMILES string of the molecule is O=C1C2C(Cc3ccc(O)cc3)NC3(C(=O)Nc4ccccc43)C2C(=O)N1c1ccc(Br)cc1. The Labute approximate surface area is 203 Å². The van der Waals surface area contributed by atoms with E-state index in [9.17, 15) is 19.5 Å². The number of imide groups is 1. The Morgan fingerprint density at radius 3 is 2.35 bits per heavy atom. The lowest BCUT2D eigenvalue weighted by atomic mass is 9.76. The van der Waals surface area contributed by atoms with Crippen LogP contribution in [0.2, 0.25) is 0 Å². The summed E-state index contributed by atoms with van der Waals surface area (Å²) in [7, 11) is 0. The number of anilines is 2. The Balaban J connectivity index is 1.48. The molecule has 3 amide bonds. The number of hydrogen-bond acceptors (Lipinski definition) is 5. The van der Waals surface area contributed by atoms with E-state index in [0.717, 1.165) is 10.0 Å². The molecule has 2 saturated heterocycles. The van der Waals surface area contributed by atoms with Crippen LogP contribution in [0.25, 0.3) is 0 Å². The number of hydrogen-bond donors (Lipinski definition) is 3. The third-order valence-electron chi connectivity index (χ3n) is 7.10. The highest BCUT2D eigenvalue weighted by Gasteiger charge is 2.70. The van der Waals surface area contributed by atoms with Gasteiger partial charge in [0.2, 0.25) is 17.7 Å². The second-order valence-corrected chi connectivity index (χ2v) is 9.84. The second kappa shape index (κ2) is 7.51. The minimum Gasteiger partial charge on any atom is -0.508 e. The van der Waals surface area contributed by atoms with E-state index in [-0.39, 0.29) is 23.5 Å². The van der Waals surface area contributed by atoms with E-state index < -0.39 is 23.4 Å². The van der Waals surface area contributed by atoms with E-state index in [0.29, 0.717) is 23.4 Å². The van der Waals surface area contributed by atoms with Crippen LogP contribution in [0.1, 0.15) is 11.1 Å². The standard InChI is InChI=1S/C26H20BrN3O4/c27-15-7-9-16(10-8-15)30-23(32)21-20(13-14-5-11-17(31)12-6-14)29-26(22(21)24(30)33)18-3-1-2-4-19(18)28-25(26)34/h1-12,20-22,29,31H,13H2,(H,28,34). The van der Waals surface area contributed by atoms with E-state index in [4.69, 9.17) is 0 Å². The van der Waals surface area contributed by atoms with Crippen molar-refractivity contribution >= 4 is 45.0 Å². The van der Waals surface area contributed by atoms with Crippen molar-refractivity contribution in [2.24, 2.45) is 11.8 Å². The zero-order valence-corrected chi connectivity index (χ0v) is 19.5. The highest BCUT2D eigenvalue weighted by Crippen LogP contribution is 2.53. The number of fused-ring (bicyclic) bond motifs is 4. The van der Waals surface area contributed by atoms with Crippen LogP contribution in [0.5, 0.6) is 5.75 Å². The van der Waals surface area contributed by atoms with Crippen LogP contribution in [-0.4, -0.2) is 28.9 Å². The van der Waals surface area contributed by atoms with Crippen LogP contribution >= 0.6 is 15.9 Å². The quantitative estimate of drug-likeness (QED) is 0.463. The largest absolute Gasteiger partial charge is 0.508 e. The monoisotopic (exact) mass is 517 g/mol. The van der Waals surface area contributed by atoms with Crippen molar-refractivity contribution in [1.29, 1.82) is 0 Å². The molecule has 0 aliphatic carbocycles. The summed E-state index contributed by atoms with van der Waals surface area (Å²) in [5.41, 5.74) is 1.37. The fourth-order valence-electron chi connectivity index (χ4n) is 5.66. The minimum absolute atomic E-state index is 0.148. The summed E-state index contributed by atoms with van der Waals surface area (Å²) in [6, 6.07) is 20.6. The van der Waals surface area contributed by atoms with Crippen LogP contribution in [0.4, 0.5) is 11.4 Å². The zero-order valence-electron chi connectivity index (χ0n) is 17.9. The number of phenolic OH excluding ortho intramolecular Hbond substituents is 1. The molecule has 4 unspecified atom stereocenters. The highest BCUT2D eigenvalue weighted by molar-refractivity contribution is 9.10. The number of phenols is 1. The number of carbonyl (C=O) groups excluding carboxylic acids is 3. The van der Waals surface area contributed by atoms with Gasteiger partial charge in [0.1, 0.15) is 11.3 Å². The average Bonchev–Trinajstić information content (AvgIpc) is 3.41. The number of carbonyl (C=O) groups is 3. The van der Waals surface area contributed by atoms with Gasteiger partial charge in [-0.25, -0.2) is 4.90 Å². The molecule has 3 aromatic rings. The lowest BCUT2D eigenvalue weighted by Gasteiger charge is -2.29. The second-order valence-electron chi connectivity index (χ2n) is 8.92. The topological polar surface area (TPSA) is 98.7 Å². The molecule has 3 heterocycles. The molecule has 8 heteroatoms. The van der Waals surface area contributed by atoms with Crippen LogP contribution in [0, 0.1) is 11.8 Å². The smallest absolute Gasteiger partial charge is 0.250 e. The van der Waals surface area contributed by atoms with Gasteiger partial charge < -0.3 is 10.4 Å². The predicted octanol–water partition coefficient (Wildman–Crippen LogP) is 3.32. The molecule has 3 aliphatic rings. The highest BCUT2D eigenvalue weighted by atomic mass is 79.9. The van der Waals surface area contributed by atoms with E-state index in [2.05, 4.69) is 26.6 Å². The van der Waals surface area contributed by atoms with Crippen molar-refractivity contribution < 1.29 is 19.5 Å². The van der Waals surface area contributed by atoms with Crippen LogP contribution in [0.3, 0.4) is 0 Å². The molecule has 3 aromatic carbocycles. The maximum absolute atomic E-state index is 13.9. The van der Waals surface area contributed by atoms with E-state index >= 15 is 0 Å². The fraction of sp³-hybridized carbons (Fsp3) is 0.192. The first-order valence-corrected chi connectivity index (χ1v) is 11.8. The number of nitrogens with one attached hydrogen (secondary N) is 2. The van der Waals surface area contributed by atoms with Gasteiger partial charge >= 0.3 is 0 Å². The van der Waals surface area contributed by atoms with Gasteiger partial charge in [-0.3, -0.25) is 19.7 Å². The van der Waals surface area contributed by atoms with E-state index in [1.807, 2.05) is 18.2 Å². The normalized spacial score (nSPS) is 27.3. The third-order valence-corrected chi connectivity index (χ3v) is 7.63. The number of nitrogens with zero attached hydrogens (tertiary/aromatic N) is 1. The minimum atomic E-state index is -1.33. The first-order valence-electron chi connectivity index (χ1n) is 11.0. The van der Waals surface area contributed by atoms with Gasteiger partial charge in [-0.05, 0) is 54.4 Å². The van der Waals surface area contributed by atoms with Crippen molar-refractivity contribution in [3.8, 4) is 5.75 Å². The molecular formula is C26H20BrN3O4. The van der Waals surface area contributed by atoms with Gasteiger partial charge in [0, 0.05) is 21.8 Å². The maximum atomic E-state index is 13.9. The van der Waals surface area contributed by atoms with Gasteiger partial charge in [-0.2, -0.15) is 0 Å². The summed E-state index contributed by atoms with van der Waals surface area (Å²) in [5, 5.41) is 16.0. The number of aromatic hydroxyl groups is 1. The van der Waals surface area contributed by atoms with Crippen LogP contribution < -0.4 is 15.5 Å². The predicted molar refractivity (Wildman–Crippen MR) is 129 cm³/mol. The fourth-order valence-corrected chi connectivity index (χ4v) is 5.93. The van der Waals surface area contributed by atoms with Gasteiger partial charge in [0.15, 0.2) is 0 Å². The van der Waals surface area contributed by atoms with Gasteiger partial charge in [0.25, 0.3) is 0 Å². The molecule has 34 heavy (non-hydrogen) atoms. The Morgan fingerprint density at radius 1 is 0.912 bits per heavy atom. The summed E-state index contributed by atoms with van der Waals surface area (Å²) in [5.74, 6) is -2.48. The zero-order chi connectivity index (χ0) is 23.6. The summed E-state index contributed by atoms with van der Waals surface area (Å²) in [4.78, 5) is 42.4. The molecule has 1 spiro atoms. The lowest BCUT2D eigenvalue weighted by molar-refractivity contribution is -0.130. The molecular weight excluding hydrogens is 498 g/mol. The van der Waals surface area contributed by atoms with Crippen molar-refractivity contribution in [3.05, 3.63) is 88.4 Å². The molecule has 4 atom stereocenters. The van der Waals surface area contributed by atoms with Crippen molar-refractivity contribution in [2.45, 2.75) is 18.0 Å². The summed E-state index contributed by atoms with van der Waals surface area (Å²) in [6.07, 6.45) is 0.422. The Kier molecular flexibility index (Phi) is 4.65. The molecule has 0 saturated carbocycles. The third kappa shape index (κ3) is 2.88. The van der Waals surface area contributed by atoms with E-state index in [1.54, 1.807) is 54.6 Å². The molecule has 2 fully saturated rings. The van der Waals surface area contributed by atoms with E-state index in [1.165, 1.54) is 4.90 Å². The molecule has 6 rings (SSSR count). The van der Waals surface area contributed by atoms with Crippen molar-refractivity contribution in [2.75, 3.05) is 10.2 Å². The Morgan fingerprint density at radius 2 is 1.62 bits per heavy atom. The molecule has 0 bridgehead atoms. The van der Waals surface area contributed by atoms with Gasteiger partial charge in [-0.15, -0.1) is 0 Å². The Bertz CT molecular complexity index is 1340. The lowest BCUT2D eigenvalue weighted by Crippen LogP contribution is -2.53. The first kappa shape index (κ1) is 21.1. The number of benzene rings is 3. The number of para-hydroxylation sites is 1. The molecule has 170 valence electrons. The molecule has 0 radical (unpaired) electrons. The molecule has 0 aromatic heterocycles. The number of rotatable bonds is 3. The maximum Gasteiger partial charge on any atom is 0.250 e. The van der Waals surface area contributed by atoms with Crippen LogP contribution in [-0.2, 0) is 26.3 Å². The summed E-state index contributed by atoms with van der Waals surface area (Å²) >= 11 is 3.39. The molecule has 3 aliphatic heterocycles. The van der Waals surface area contributed by atoms with Crippen LogP contribution in [0.15, 0.2) is 77.3 Å². The van der Waals surface area contributed by atoms with Crippen molar-refractivity contribution in [1.82, 2.24) is 5.32 Å². The van der Waals surface area contributed by atoms with Gasteiger partial charge in [-0.1, -0.05) is 46.3 Å². The number of halogens is 1. The Hall–Kier alpha value is -3.49. The first-order chi connectivity index (χ1) is 16.4.